The smallest absolute Gasteiger partial charge is 0.230 e. The molecular weight excluding hydrogens is 426 g/mol. The molecular formula is C28H39N3OS. The van der Waals surface area contributed by atoms with Crippen LogP contribution in [0.3, 0.4) is 0 Å². The molecule has 0 radical (unpaired) electrons. The molecule has 0 aliphatic heterocycles. The minimum Gasteiger partial charge on any atom is -0.355 e. The molecule has 1 heterocycles. The lowest BCUT2D eigenvalue weighted by molar-refractivity contribution is -0.119. The predicted molar refractivity (Wildman–Crippen MR) is 137 cm³/mol. The van der Waals surface area contributed by atoms with Crippen LogP contribution in [-0.4, -0.2) is 28.2 Å². The van der Waals surface area contributed by atoms with Gasteiger partial charge in [-0.1, -0.05) is 64.1 Å². The van der Waals surface area contributed by atoms with Crippen LogP contribution in [0.25, 0.3) is 0 Å². The lowest BCUT2D eigenvalue weighted by Crippen LogP contribution is -2.53. The fraction of sp³-hybridized carbons (Fsp3) is 0.607. The summed E-state index contributed by atoms with van der Waals surface area (Å²) in [5, 5.41) is 3.96. The minimum absolute atomic E-state index is 0.0778. The Kier molecular flexibility index (Phi) is 6.91. The summed E-state index contributed by atoms with van der Waals surface area (Å²) in [5.74, 6) is 1.60. The van der Waals surface area contributed by atoms with Crippen LogP contribution in [0.5, 0.6) is 0 Å². The van der Waals surface area contributed by atoms with E-state index in [1.165, 1.54) is 43.0 Å². The lowest BCUT2D eigenvalue weighted by Gasteiger charge is -2.55. The Morgan fingerprint density at radius 3 is 2.58 bits per heavy atom. The number of aromatic nitrogens is 2. The van der Waals surface area contributed by atoms with E-state index in [2.05, 4.69) is 61.2 Å². The van der Waals surface area contributed by atoms with Gasteiger partial charge in [0.25, 0.3) is 0 Å². The number of nitrogens with one attached hydrogen (secondary N) is 1. The van der Waals surface area contributed by atoms with Crippen molar-refractivity contribution < 1.29 is 4.79 Å². The maximum Gasteiger partial charge on any atom is 0.230 e. The third kappa shape index (κ3) is 4.99. The summed E-state index contributed by atoms with van der Waals surface area (Å²) in [4.78, 5) is 21.6. The fourth-order valence-corrected chi connectivity index (χ4v) is 7.23. The van der Waals surface area contributed by atoms with Gasteiger partial charge < -0.3 is 5.32 Å². The summed E-state index contributed by atoms with van der Waals surface area (Å²) in [6.07, 6.45) is 6.01. The second-order valence-corrected chi connectivity index (χ2v) is 12.0. The molecule has 3 unspecified atom stereocenters. The van der Waals surface area contributed by atoms with Crippen LogP contribution in [0, 0.1) is 25.2 Å². The standard InChI is InChI=1S/C28H39N3OS/c1-18(2)21-8-10-23-22(15-21)9-11-24-27(5,12-7-13-28(23,24)6)17-29-25(32)16-33-26-30-19(3)14-20(4)31-26/h8,10,14-15,18,24H,7,9,11-13,16-17H2,1-6H3,(H,29,32). The highest BCUT2D eigenvalue weighted by Gasteiger charge is 2.51. The van der Waals surface area contributed by atoms with Gasteiger partial charge in [0.1, 0.15) is 0 Å². The van der Waals surface area contributed by atoms with Gasteiger partial charge in [-0.2, -0.15) is 0 Å². The van der Waals surface area contributed by atoms with Crippen molar-refractivity contribution in [2.45, 2.75) is 90.1 Å². The number of amides is 1. The van der Waals surface area contributed by atoms with Crippen LogP contribution >= 0.6 is 11.8 Å². The van der Waals surface area contributed by atoms with Crippen molar-refractivity contribution in [3.63, 3.8) is 0 Å². The molecule has 2 aromatic rings. The van der Waals surface area contributed by atoms with Crippen molar-refractivity contribution in [1.29, 1.82) is 0 Å². The van der Waals surface area contributed by atoms with Gasteiger partial charge in [0.2, 0.25) is 5.91 Å². The van der Waals surface area contributed by atoms with Gasteiger partial charge in [0.05, 0.1) is 5.75 Å². The zero-order valence-electron chi connectivity index (χ0n) is 21.1. The average Bonchev–Trinajstić information content (AvgIpc) is 2.75. The molecule has 2 aliphatic rings. The van der Waals surface area contributed by atoms with E-state index in [4.69, 9.17) is 0 Å². The molecule has 0 bridgehead atoms. The van der Waals surface area contributed by atoms with Gasteiger partial charge in [-0.3, -0.25) is 4.79 Å². The molecule has 3 atom stereocenters. The molecule has 1 aromatic heterocycles. The molecule has 1 fully saturated rings. The molecule has 1 N–H and O–H groups in total. The maximum atomic E-state index is 12.7. The van der Waals surface area contributed by atoms with Gasteiger partial charge in [-0.25, -0.2) is 9.97 Å². The lowest BCUT2D eigenvalue weighted by atomic mass is 9.49. The van der Waals surface area contributed by atoms with Gasteiger partial charge in [0.15, 0.2) is 5.16 Å². The third-order valence-corrected chi connectivity index (χ3v) is 9.00. The Morgan fingerprint density at radius 2 is 1.88 bits per heavy atom. The van der Waals surface area contributed by atoms with Crippen molar-refractivity contribution in [3.05, 3.63) is 52.3 Å². The molecule has 4 nitrogen and oxygen atoms in total. The molecule has 2 aliphatic carbocycles. The van der Waals surface area contributed by atoms with E-state index < -0.39 is 0 Å². The fourth-order valence-electron chi connectivity index (χ4n) is 6.45. The van der Waals surface area contributed by atoms with Crippen LogP contribution in [0.4, 0.5) is 0 Å². The van der Waals surface area contributed by atoms with Gasteiger partial charge >= 0.3 is 0 Å². The number of nitrogens with zero attached hydrogens (tertiary/aromatic N) is 2. The zero-order valence-corrected chi connectivity index (χ0v) is 21.9. The first-order chi connectivity index (χ1) is 15.6. The van der Waals surface area contributed by atoms with Gasteiger partial charge in [0, 0.05) is 17.9 Å². The van der Waals surface area contributed by atoms with E-state index in [0.717, 1.165) is 24.4 Å². The average molecular weight is 466 g/mol. The first-order valence-corrected chi connectivity index (χ1v) is 13.4. The molecule has 4 rings (SSSR count). The van der Waals surface area contributed by atoms with Crippen LogP contribution in [0.2, 0.25) is 0 Å². The Bertz CT molecular complexity index is 1020. The van der Waals surface area contributed by atoms with Crippen molar-refractivity contribution in [3.8, 4) is 0 Å². The summed E-state index contributed by atoms with van der Waals surface area (Å²) in [6, 6.07) is 9.18. The largest absolute Gasteiger partial charge is 0.355 e. The molecule has 1 amide bonds. The maximum absolute atomic E-state index is 12.7. The second-order valence-electron chi connectivity index (χ2n) is 11.1. The van der Waals surface area contributed by atoms with E-state index in [9.17, 15) is 4.79 Å². The highest BCUT2D eigenvalue weighted by molar-refractivity contribution is 7.99. The van der Waals surface area contributed by atoms with Crippen molar-refractivity contribution >= 4 is 17.7 Å². The van der Waals surface area contributed by atoms with E-state index in [1.807, 2.05) is 19.9 Å². The number of fused-ring (bicyclic) bond motifs is 3. The van der Waals surface area contributed by atoms with Crippen molar-refractivity contribution in [2.24, 2.45) is 11.3 Å². The van der Waals surface area contributed by atoms with Crippen molar-refractivity contribution in [2.75, 3.05) is 12.3 Å². The first kappa shape index (κ1) is 24.3. The van der Waals surface area contributed by atoms with Gasteiger partial charge in [-0.05, 0) is 85.0 Å². The number of benzene rings is 1. The van der Waals surface area contributed by atoms with Crippen LogP contribution in [-0.2, 0) is 16.6 Å². The van der Waals surface area contributed by atoms with E-state index in [1.54, 1.807) is 11.1 Å². The molecule has 178 valence electrons. The third-order valence-electron chi connectivity index (χ3n) is 8.15. The van der Waals surface area contributed by atoms with Crippen LogP contribution in [0.1, 0.15) is 87.4 Å². The number of thioether (sulfide) groups is 1. The Labute approximate surface area is 203 Å². The van der Waals surface area contributed by atoms with Crippen molar-refractivity contribution in [1.82, 2.24) is 15.3 Å². The van der Waals surface area contributed by atoms with E-state index in [-0.39, 0.29) is 16.7 Å². The molecule has 0 spiro atoms. The van der Waals surface area contributed by atoms with Crippen LogP contribution in [0.15, 0.2) is 29.4 Å². The number of hydrogen-bond acceptors (Lipinski definition) is 4. The Morgan fingerprint density at radius 1 is 1.15 bits per heavy atom. The molecule has 1 saturated carbocycles. The first-order valence-electron chi connectivity index (χ1n) is 12.5. The normalized spacial score (nSPS) is 26.6. The number of carbonyl (C=O) groups is 1. The number of rotatable bonds is 6. The minimum atomic E-state index is 0.0778. The van der Waals surface area contributed by atoms with E-state index in [0.29, 0.717) is 22.7 Å². The molecule has 5 heteroatoms. The topological polar surface area (TPSA) is 54.9 Å². The molecule has 0 saturated heterocycles. The predicted octanol–water partition coefficient (Wildman–Crippen LogP) is 6.14. The monoisotopic (exact) mass is 465 g/mol. The quantitative estimate of drug-likeness (QED) is 0.411. The summed E-state index contributed by atoms with van der Waals surface area (Å²) in [6.45, 7) is 14.1. The molecule has 33 heavy (non-hydrogen) atoms. The summed E-state index contributed by atoms with van der Waals surface area (Å²) >= 11 is 1.42. The Hall–Kier alpha value is -1.88. The second kappa shape index (κ2) is 9.40. The summed E-state index contributed by atoms with van der Waals surface area (Å²) in [7, 11) is 0. The van der Waals surface area contributed by atoms with Gasteiger partial charge in [-0.15, -0.1) is 0 Å². The summed E-state index contributed by atoms with van der Waals surface area (Å²) < 4.78 is 0. The number of hydrogen-bond donors (Lipinski definition) is 1. The zero-order chi connectivity index (χ0) is 23.8. The SMILES string of the molecule is Cc1cc(C)nc(SCC(=O)NCC2(C)CCCC3(C)c4ccc(C(C)C)cc4CCC23)n1. The van der Waals surface area contributed by atoms with E-state index >= 15 is 0 Å². The highest BCUT2D eigenvalue weighted by atomic mass is 32.2. The molecule has 1 aromatic carbocycles. The number of carbonyl (C=O) groups excluding carboxylic acids is 1. The Balaban J connectivity index is 1.43. The summed E-state index contributed by atoms with van der Waals surface area (Å²) in [5.41, 5.74) is 6.77. The highest BCUT2D eigenvalue weighted by Crippen LogP contribution is 2.57. The van der Waals surface area contributed by atoms with Crippen LogP contribution < -0.4 is 5.32 Å². The number of aryl methyl sites for hydroxylation is 3.